The third-order valence-electron chi connectivity index (χ3n) is 2.22. The van der Waals surface area contributed by atoms with Gasteiger partial charge in [0.2, 0.25) is 0 Å². The molecule has 78 valence electrons. The summed E-state index contributed by atoms with van der Waals surface area (Å²) in [5.41, 5.74) is 0. The summed E-state index contributed by atoms with van der Waals surface area (Å²) in [7, 11) is 0. The molecule has 1 nitrogen and oxygen atoms in total. The molecule has 1 N–H and O–H groups in total. The van der Waals surface area contributed by atoms with Gasteiger partial charge in [-0.05, 0) is 30.9 Å². The molecule has 0 heterocycles. The molecule has 2 heteroatoms. The molecule has 0 spiro atoms. The van der Waals surface area contributed by atoms with Gasteiger partial charge < -0.3 is 5.32 Å². The van der Waals surface area contributed by atoms with Gasteiger partial charge in [-0.3, -0.25) is 0 Å². The maximum Gasteiger partial charge on any atom is 0.0232 e. The second-order valence-corrected chi connectivity index (χ2v) is 4.52. The second-order valence-electron chi connectivity index (χ2n) is 3.78. The number of nitrogens with one attached hydrogen (secondary N) is 1. The minimum atomic E-state index is 0.486. The third kappa shape index (κ3) is 6.17. The molecule has 0 aromatic carbocycles. The molecule has 0 aliphatic heterocycles. The minimum Gasteiger partial charge on any atom is -0.308 e. The Balaban J connectivity index is 3.86. The van der Waals surface area contributed by atoms with Crippen molar-refractivity contribution in [2.75, 3.05) is 6.26 Å². The molecule has 0 aliphatic carbocycles. The predicted molar refractivity (Wildman–Crippen MR) is 64.2 cm³/mol. The fourth-order valence-corrected chi connectivity index (χ4v) is 1.76. The van der Waals surface area contributed by atoms with Gasteiger partial charge in [0.15, 0.2) is 0 Å². The summed E-state index contributed by atoms with van der Waals surface area (Å²) in [4.78, 5) is 0. The summed E-state index contributed by atoms with van der Waals surface area (Å²) >= 11 is 1.75. The smallest absolute Gasteiger partial charge is 0.0232 e. The van der Waals surface area contributed by atoms with Gasteiger partial charge in [0.1, 0.15) is 0 Å². The van der Waals surface area contributed by atoms with Crippen LogP contribution in [0, 0.1) is 5.92 Å². The van der Waals surface area contributed by atoms with E-state index >= 15 is 0 Å². The zero-order valence-corrected chi connectivity index (χ0v) is 10.3. The first kappa shape index (κ1) is 13.1. The van der Waals surface area contributed by atoms with E-state index in [1.807, 2.05) is 0 Å². The van der Waals surface area contributed by atoms with E-state index in [1.165, 1.54) is 6.42 Å². The molecule has 0 aromatic rings. The Hall–Kier alpha value is 0.0500. The number of hydrogen-bond donors (Lipinski definition) is 1. The summed E-state index contributed by atoms with van der Waals surface area (Å²) in [6.07, 6.45) is 5.51. The van der Waals surface area contributed by atoms with Crippen LogP contribution >= 0.6 is 11.8 Å². The quantitative estimate of drug-likeness (QED) is 0.708. The van der Waals surface area contributed by atoms with Crippen molar-refractivity contribution in [1.29, 1.82) is 0 Å². The van der Waals surface area contributed by atoms with E-state index < -0.39 is 0 Å². The van der Waals surface area contributed by atoms with Crippen LogP contribution in [-0.2, 0) is 0 Å². The van der Waals surface area contributed by atoms with E-state index in [2.05, 4.69) is 50.8 Å². The van der Waals surface area contributed by atoms with Crippen LogP contribution in [0.4, 0.5) is 0 Å². The van der Waals surface area contributed by atoms with Crippen LogP contribution in [0.15, 0.2) is 11.5 Å². The average molecular weight is 201 g/mol. The van der Waals surface area contributed by atoms with Crippen molar-refractivity contribution < 1.29 is 0 Å². The zero-order valence-electron chi connectivity index (χ0n) is 9.50. The number of thioether (sulfide) groups is 1. The Morgan fingerprint density at radius 3 is 2.31 bits per heavy atom. The molecule has 0 aromatic heterocycles. The first-order chi connectivity index (χ1) is 6.11. The van der Waals surface area contributed by atoms with Gasteiger partial charge in [-0.15, -0.1) is 11.8 Å². The van der Waals surface area contributed by atoms with Crippen LogP contribution in [0.3, 0.4) is 0 Å². The predicted octanol–water partition coefficient (Wildman–Crippen LogP) is 3.28. The summed E-state index contributed by atoms with van der Waals surface area (Å²) < 4.78 is 0. The van der Waals surface area contributed by atoms with Crippen LogP contribution in [0.25, 0.3) is 0 Å². The lowest BCUT2D eigenvalue weighted by atomic mass is 10.0. The van der Waals surface area contributed by atoms with E-state index in [-0.39, 0.29) is 0 Å². The van der Waals surface area contributed by atoms with Gasteiger partial charge in [0.25, 0.3) is 0 Å². The molecule has 0 amide bonds. The van der Waals surface area contributed by atoms with Crippen molar-refractivity contribution in [2.45, 2.75) is 46.2 Å². The standard InChI is InChI=1S/C11H23NS/c1-6-11(9(2)3)12-10(4)7-8-13-5/h7-12H,6H2,1-5H3/b8-7-/t10-,11?/m0/s1. The fourth-order valence-electron chi connectivity index (χ4n) is 1.37. The molecule has 0 aliphatic rings. The van der Waals surface area contributed by atoms with Crippen molar-refractivity contribution in [2.24, 2.45) is 5.92 Å². The molecule has 1 unspecified atom stereocenters. The average Bonchev–Trinajstić information content (AvgIpc) is 2.10. The van der Waals surface area contributed by atoms with Crippen LogP contribution in [0.1, 0.15) is 34.1 Å². The molecular formula is C11H23NS. The maximum atomic E-state index is 3.60. The van der Waals surface area contributed by atoms with Crippen molar-refractivity contribution >= 4 is 11.8 Å². The third-order valence-corrected chi connectivity index (χ3v) is 2.65. The van der Waals surface area contributed by atoms with Gasteiger partial charge in [-0.1, -0.05) is 26.8 Å². The lowest BCUT2D eigenvalue weighted by Gasteiger charge is -2.23. The van der Waals surface area contributed by atoms with Crippen molar-refractivity contribution in [3.05, 3.63) is 11.5 Å². The summed E-state index contributed by atoms with van der Waals surface area (Å²) in [6, 6.07) is 1.13. The Labute approximate surface area is 87.4 Å². The van der Waals surface area contributed by atoms with E-state index in [0.29, 0.717) is 12.1 Å². The molecule has 13 heavy (non-hydrogen) atoms. The van der Waals surface area contributed by atoms with Crippen LogP contribution in [-0.4, -0.2) is 18.3 Å². The first-order valence-corrected chi connectivity index (χ1v) is 6.36. The molecule has 0 rings (SSSR count). The summed E-state index contributed by atoms with van der Waals surface area (Å²) in [5, 5.41) is 5.74. The number of hydrogen-bond acceptors (Lipinski definition) is 2. The molecule has 0 fully saturated rings. The van der Waals surface area contributed by atoms with Crippen molar-refractivity contribution in [1.82, 2.24) is 5.32 Å². The highest BCUT2D eigenvalue weighted by Crippen LogP contribution is 2.07. The maximum absolute atomic E-state index is 3.60. The van der Waals surface area contributed by atoms with E-state index in [1.54, 1.807) is 11.8 Å². The Bertz CT molecular complexity index is 143. The zero-order chi connectivity index (χ0) is 10.3. The Morgan fingerprint density at radius 1 is 1.31 bits per heavy atom. The highest BCUT2D eigenvalue weighted by Gasteiger charge is 2.11. The van der Waals surface area contributed by atoms with Gasteiger partial charge >= 0.3 is 0 Å². The topological polar surface area (TPSA) is 12.0 Å². The summed E-state index contributed by atoms with van der Waals surface area (Å²) in [5.74, 6) is 0.718. The number of rotatable bonds is 6. The SMILES string of the molecule is CCC(N[C@@H](C)/C=C\SC)C(C)C. The normalized spacial score (nSPS) is 16.8. The van der Waals surface area contributed by atoms with Gasteiger partial charge in [-0.25, -0.2) is 0 Å². The Kier molecular flexibility index (Phi) is 7.48. The van der Waals surface area contributed by atoms with E-state index in [4.69, 9.17) is 0 Å². The second kappa shape index (κ2) is 7.45. The highest BCUT2D eigenvalue weighted by atomic mass is 32.2. The lowest BCUT2D eigenvalue weighted by Crippen LogP contribution is -2.38. The van der Waals surface area contributed by atoms with Gasteiger partial charge in [-0.2, -0.15) is 0 Å². The molecule has 2 atom stereocenters. The molecule has 0 saturated heterocycles. The van der Waals surface area contributed by atoms with Gasteiger partial charge in [0, 0.05) is 12.1 Å². The van der Waals surface area contributed by atoms with E-state index in [0.717, 1.165) is 5.92 Å². The molecule has 0 bridgehead atoms. The van der Waals surface area contributed by atoms with Crippen molar-refractivity contribution in [3.63, 3.8) is 0 Å². The molecule has 0 saturated carbocycles. The highest BCUT2D eigenvalue weighted by molar-refractivity contribution is 8.01. The van der Waals surface area contributed by atoms with Gasteiger partial charge in [0.05, 0.1) is 0 Å². The molecular weight excluding hydrogens is 178 g/mol. The van der Waals surface area contributed by atoms with E-state index in [9.17, 15) is 0 Å². The lowest BCUT2D eigenvalue weighted by molar-refractivity contribution is 0.374. The Morgan fingerprint density at radius 2 is 1.92 bits per heavy atom. The van der Waals surface area contributed by atoms with Crippen LogP contribution in [0.5, 0.6) is 0 Å². The van der Waals surface area contributed by atoms with Crippen molar-refractivity contribution in [3.8, 4) is 0 Å². The molecule has 0 radical (unpaired) electrons. The first-order valence-electron chi connectivity index (χ1n) is 5.07. The minimum absolute atomic E-state index is 0.486. The fraction of sp³-hybridized carbons (Fsp3) is 0.818. The summed E-state index contributed by atoms with van der Waals surface area (Å²) in [6.45, 7) is 8.98. The van der Waals surface area contributed by atoms with Crippen LogP contribution in [0.2, 0.25) is 0 Å². The largest absolute Gasteiger partial charge is 0.308 e. The van der Waals surface area contributed by atoms with Crippen LogP contribution < -0.4 is 5.32 Å². The monoisotopic (exact) mass is 201 g/mol.